The molecule has 0 atom stereocenters. The molecule has 0 aliphatic carbocycles. The Bertz CT molecular complexity index is 1190. The number of hydrogen-bond donors (Lipinski definition) is 0. The second kappa shape index (κ2) is 8.33. The predicted molar refractivity (Wildman–Crippen MR) is 113 cm³/mol. The third-order valence-corrected chi connectivity index (χ3v) is 5.93. The fraction of sp³-hybridized carbons (Fsp3) is 0.273. The van der Waals surface area contributed by atoms with Gasteiger partial charge in [-0.25, -0.2) is 0 Å². The van der Waals surface area contributed by atoms with Gasteiger partial charge in [0.25, 0.3) is 17.7 Å². The highest BCUT2D eigenvalue weighted by atomic mass is 32.1. The molecule has 0 saturated carbocycles. The number of benzene rings is 2. The van der Waals surface area contributed by atoms with Gasteiger partial charge in [0, 0.05) is 13.2 Å². The normalized spacial score (nSPS) is 14.1. The molecule has 3 amide bonds. The standard InChI is InChI=1S/C22H21N3O4S/c1-3-29-11-10-24-17-9-8-14(2)12-18(17)30-22(24)23-19(26)13-25-20(27)15-6-4-5-7-16(15)21(25)28/h4-9,12H,3,10-11,13H2,1-2H3. The summed E-state index contributed by atoms with van der Waals surface area (Å²) < 4.78 is 8.42. The van der Waals surface area contributed by atoms with E-state index in [-0.39, 0.29) is 6.54 Å². The molecule has 4 rings (SSSR count). The number of ether oxygens (including phenoxy) is 1. The van der Waals surface area contributed by atoms with Crippen LogP contribution in [0.2, 0.25) is 0 Å². The van der Waals surface area contributed by atoms with Gasteiger partial charge in [-0.1, -0.05) is 29.5 Å². The zero-order chi connectivity index (χ0) is 21.3. The Morgan fingerprint density at radius 2 is 1.80 bits per heavy atom. The second-order valence-electron chi connectivity index (χ2n) is 6.95. The number of fused-ring (bicyclic) bond motifs is 2. The molecule has 8 heteroatoms. The Labute approximate surface area is 177 Å². The van der Waals surface area contributed by atoms with E-state index < -0.39 is 17.7 Å². The van der Waals surface area contributed by atoms with Crippen LogP contribution < -0.4 is 4.80 Å². The van der Waals surface area contributed by atoms with E-state index in [0.29, 0.717) is 35.7 Å². The van der Waals surface area contributed by atoms with Crippen LogP contribution in [-0.4, -0.2) is 46.9 Å². The number of aryl methyl sites for hydroxylation is 1. The van der Waals surface area contributed by atoms with Crippen LogP contribution in [-0.2, 0) is 16.1 Å². The van der Waals surface area contributed by atoms with E-state index in [1.807, 2.05) is 36.6 Å². The molecule has 1 aromatic heterocycles. The van der Waals surface area contributed by atoms with Crippen molar-refractivity contribution in [2.75, 3.05) is 19.8 Å². The van der Waals surface area contributed by atoms with Crippen molar-refractivity contribution in [3.63, 3.8) is 0 Å². The van der Waals surface area contributed by atoms with Crippen molar-refractivity contribution in [1.29, 1.82) is 0 Å². The molecule has 0 fully saturated rings. The second-order valence-corrected chi connectivity index (χ2v) is 7.96. The van der Waals surface area contributed by atoms with Crippen LogP contribution in [0.25, 0.3) is 10.2 Å². The van der Waals surface area contributed by atoms with Gasteiger partial charge in [-0.3, -0.25) is 19.3 Å². The van der Waals surface area contributed by atoms with Crippen molar-refractivity contribution in [2.45, 2.75) is 20.4 Å². The molecule has 0 bridgehead atoms. The van der Waals surface area contributed by atoms with Gasteiger partial charge in [-0.2, -0.15) is 4.99 Å². The number of nitrogens with zero attached hydrogens (tertiary/aromatic N) is 3. The quantitative estimate of drug-likeness (QED) is 0.451. The van der Waals surface area contributed by atoms with E-state index >= 15 is 0 Å². The topological polar surface area (TPSA) is 81.0 Å². The van der Waals surface area contributed by atoms with Crippen molar-refractivity contribution in [3.05, 3.63) is 64.0 Å². The molecule has 0 saturated heterocycles. The Hall–Kier alpha value is -3.10. The highest BCUT2D eigenvalue weighted by molar-refractivity contribution is 7.16. The largest absolute Gasteiger partial charge is 0.380 e. The minimum Gasteiger partial charge on any atom is -0.380 e. The minimum atomic E-state index is -0.544. The molecule has 3 aromatic rings. The number of imide groups is 1. The average Bonchev–Trinajstić information content (AvgIpc) is 3.18. The van der Waals surface area contributed by atoms with Gasteiger partial charge < -0.3 is 9.30 Å². The van der Waals surface area contributed by atoms with Gasteiger partial charge in [-0.05, 0) is 43.7 Å². The average molecular weight is 423 g/mol. The first-order chi connectivity index (χ1) is 14.5. The molecule has 2 heterocycles. The fourth-order valence-electron chi connectivity index (χ4n) is 3.44. The third-order valence-electron chi connectivity index (χ3n) is 4.89. The van der Waals surface area contributed by atoms with Gasteiger partial charge in [0.15, 0.2) is 4.80 Å². The Balaban J connectivity index is 1.64. The van der Waals surface area contributed by atoms with Crippen LogP contribution in [0.15, 0.2) is 47.5 Å². The van der Waals surface area contributed by atoms with E-state index in [1.54, 1.807) is 24.3 Å². The van der Waals surface area contributed by atoms with E-state index in [4.69, 9.17) is 4.74 Å². The van der Waals surface area contributed by atoms with E-state index in [9.17, 15) is 14.4 Å². The summed E-state index contributed by atoms with van der Waals surface area (Å²) in [6, 6.07) is 12.6. The summed E-state index contributed by atoms with van der Waals surface area (Å²) in [7, 11) is 0. The summed E-state index contributed by atoms with van der Waals surface area (Å²) in [5.74, 6) is -1.47. The van der Waals surface area contributed by atoms with Crippen LogP contribution in [0.5, 0.6) is 0 Å². The van der Waals surface area contributed by atoms with E-state index in [2.05, 4.69) is 4.99 Å². The van der Waals surface area contributed by atoms with Crippen molar-refractivity contribution < 1.29 is 19.1 Å². The van der Waals surface area contributed by atoms with Gasteiger partial charge in [0.2, 0.25) is 0 Å². The number of hydrogen-bond acceptors (Lipinski definition) is 5. The smallest absolute Gasteiger partial charge is 0.268 e. The maximum Gasteiger partial charge on any atom is 0.268 e. The SMILES string of the molecule is CCOCCn1c(=NC(=O)CN2C(=O)c3ccccc3C2=O)sc2cc(C)ccc21. The monoisotopic (exact) mass is 423 g/mol. The number of thiazole rings is 1. The van der Waals surface area contributed by atoms with Crippen molar-refractivity contribution in [2.24, 2.45) is 4.99 Å². The summed E-state index contributed by atoms with van der Waals surface area (Å²) in [5.41, 5.74) is 2.72. The van der Waals surface area contributed by atoms with Crippen LogP contribution in [0, 0.1) is 6.92 Å². The molecular weight excluding hydrogens is 402 g/mol. The first-order valence-electron chi connectivity index (χ1n) is 9.70. The number of carbonyl (C=O) groups is 3. The van der Waals surface area contributed by atoms with Crippen LogP contribution in [0.3, 0.4) is 0 Å². The minimum absolute atomic E-state index is 0.319. The van der Waals surface area contributed by atoms with Crippen molar-refractivity contribution in [1.82, 2.24) is 9.47 Å². The van der Waals surface area contributed by atoms with E-state index in [0.717, 1.165) is 20.7 Å². The fourth-order valence-corrected chi connectivity index (χ4v) is 4.61. The molecule has 0 radical (unpaired) electrons. The summed E-state index contributed by atoms with van der Waals surface area (Å²) in [5, 5.41) is 0. The highest BCUT2D eigenvalue weighted by Gasteiger charge is 2.36. The summed E-state index contributed by atoms with van der Waals surface area (Å²) in [6.07, 6.45) is 0. The first kappa shape index (κ1) is 20.2. The molecule has 2 aromatic carbocycles. The molecule has 154 valence electrons. The van der Waals surface area contributed by atoms with Crippen LogP contribution >= 0.6 is 11.3 Å². The van der Waals surface area contributed by atoms with Gasteiger partial charge in [0.05, 0.1) is 28.0 Å². The number of amides is 3. The van der Waals surface area contributed by atoms with Gasteiger partial charge >= 0.3 is 0 Å². The highest BCUT2D eigenvalue weighted by Crippen LogP contribution is 2.22. The summed E-state index contributed by atoms with van der Waals surface area (Å²) in [6.45, 7) is 5.20. The molecule has 0 spiro atoms. The lowest BCUT2D eigenvalue weighted by Gasteiger charge is -2.10. The Morgan fingerprint density at radius 1 is 1.10 bits per heavy atom. The van der Waals surface area contributed by atoms with Crippen LogP contribution in [0.4, 0.5) is 0 Å². The summed E-state index contributed by atoms with van der Waals surface area (Å²) >= 11 is 1.40. The summed E-state index contributed by atoms with van der Waals surface area (Å²) in [4.78, 5) is 43.4. The molecule has 7 nitrogen and oxygen atoms in total. The maximum atomic E-state index is 12.7. The lowest BCUT2D eigenvalue weighted by Crippen LogP contribution is -2.35. The molecule has 1 aliphatic heterocycles. The van der Waals surface area contributed by atoms with Crippen LogP contribution in [0.1, 0.15) is 33.2 Å². The molecule has 1 aliphatic rings. The maximum absolute atomic E-state index is 12.7. The lowest BCUT2D eigenvalue weighted by atomic mass is 10.1. The van der Waals surface area contributed by atoms with Crippen molar-refractivity contribution >= 4 is 39.3 Å². The van der Waals surface area contributed by atoms with Gasteiger partial charge in [-0.15, -0.1) is 0 Å². The first-order valence-corrected chi connectivity index (χ1v) is 10.5. The third kappa shape index (κ3) is 3.71. The molecule has 0 N–H and O–H groups in total. The number of carbonyl (C=O) groups excluding carboxylic acids is 3. The zero-order valence-corrected chi connectivity index (χ0v) is 17.6. The Kier molecular flexibility index (Phi) is 5.61. The van der Waals surface area contributed by atoms with E-state index in [1.165, 1.54) is 11.3 Å². The Morgan fingerprint density at radius 3 is 2.47 bits per heavy atom. The zero-order valence-electron chi connectivity index (χ0n) is 16.8. The number of rotatable bonds is 6. The predicted octanol–water partition coefficient (Wildman–Crippen LogP) is 2.77. The van der Waals surface area contributed by atoms with Crippen molar-refractivity contribution in [3.8, 4) is 0 Å². The lowest BCUT2D eigenvalue weighted by molar-refractivity contribution is -0.118. The molecule has 0 unspecified atom stereocenters. The molecule has 30 heavy (non-hydrogen) atoms. The number of aromatic nitrogens is 1. The molecular formula is C22H21N3O4S. The van der Waals surface area contributed by atoms with Gasteiger partial charge in [0.1, 0.15) is 6.54 Å².